The number of benzene rings is 2. The first-order valence-corrected chi connectivity index (χ1v) is 13.8. The third kappa shape index (κ3) is 7.88. The minimum Gasteiger partial charge on any atom is -0.494 e. The Bertz CT molecular complexity index is 1260. The molecule has 3 aromatic rings. The molecule has 1 aromatic heterocycles. The molecule has 8 nitrogen and oxygen atoms in total. The van der Waals surface area contributed by atoms with E-state index in [0.29, 0.717) is 29.4 Å². The Hall–Kier alpha value is -4.27. The van der Waals surface area contributed by atoms with Crippen molar-refractivity contribution in [1.82, 2.24) is 10.3 Å². The fourth-order valence-corrected chi connectivity index (χ4v) is 4.88. The monoisotopic (exact) mass is 546 g/mol. The molecule has 0 spiro atoms. The van der Waals surface area contributed by atoms with E-state index in [0.717, 1.165) is 25.7 Å². The number of halogens is 1. The molecule has 2 N–H and O–H groups in total. The van der Waals surface area contributed by atoms with Crippen LogP contribution in [0.3, 0.4) is 0 Å². The number of aromatic nitrogens is 1. The zero-order valence-corrected chi connectivity index (χ0v) is 22.6. The van der Waals surface area contributed by atoms with Crippen molar-refractivity contribution in [1.29, 1.82) is 0 Å². The fraction of sp³-hybridized carbons (Fsp3) is 0.355. The number of ether oxygens (including phenoxy) is 1. The van der Waals surface area contributed by atoms with Crippen molar-refractivity contribution in [3.05, 3.63) is 84.3 Å². The highest BCUT2D eigenvalue weighted by Gasteiger charge is 2.34. The van der Waals surface area contributed by atoms with Crippen LogP contribution in [0.4, 0.5) is 15.9 Å². The molecule has 3 amide bonds. The lowest BCUT2D eigenvalue weighted by Gasteiger charge is -2.32. The summed E-state index contributed by atoms with van der Waals surface area (Å²) in [7, 11) is 0. The number of rotatable bonds is 12. The maximum Gasteiger partial charge on any atom is 0.248 e. The van der Waals surface area contributed by atoms with Gasteiger partial charge < -0.3 is 15.4 Å². The molecule has 1 heterocycles. The predicted molar refractivity (Wildman–Crippen MR) is 151 cm³/mol. The molecule has 0 aliphatic heterocycles. The van der Waals surface area contributed by atoms with Crippen LogP contribution in [-0.2, 0) is 14.4 Å². The minimum absolute atomic E-state index is 0.0112. The predicted octanol–water partition coefficient (Wildman–Crippen LogP) is 5.56. The van der Waals surface area contributed by atoms with Crippen molar-refractivity contribution >= 4 is 29.2 Å². The quantitative estimate of drug-likeness (QED) is 0.310. The summed E-state index contributed by atoms with van der Waals surface area (Å²) >= 11 is 0. The average molecular weight is 547 g/mol. The van der Waals surface area contributed by atoms with Gasteiger partial charge in [0.2, 0.25) is 17.7 Å². The summed E-state index contributed by atoms with van der Waals surface area (Å²) < 4.78 is 19.4. The van der Waals surface area contributed by atoms with Crippen molar-refractivity contribution in [2.24, 2.45) is 0 Å². The van der Waals surface area contributed by atoms with Gasteiger partial charge in [0.15, 0.2) is 0 Å². The third-order valence-corrected chi connectivity index (χ3v) is 6.82. The van der Waals surface area contributed by atoms with E-state index in [4.69, 9.17) is 4.74 Å². The number of anilines is 2. The summed E-state index contributed by atoms with van der Waals surface area (Å²) in [5.74, 6) is -0.276. The van der Waals surface area contributed by atoms with Gasteiger partial charge in [-0.2, -0.15) is 0 Å². The summed E-state index contributed by atoms with van der Waals surface area (Å²) in [6, 6.07) is 16.8. The zero-order chi connectivity index (χ0) is 28.3. The second-order valence-corrected chi connectivity index (χ2v) is 9.75. The van der Waals surface area contributed by atoms with Gasteiger partial charge >= 0.3 is 0 Å². The summed E-state index contributed by atoms with van der Waals surface area (Å²) in [5, 5.41) is 5.84. The number of nitrogens with one attached hydrogen (secondary N) is 2. The molecule has 9 heteroatoms. The van der Waals surface area contributed by atoms with Crippen LogP contribution >= 0.6 is 0 Å². The first kappa shape index (κ1) is 28.7. The van der Waals surface area contributed by atoms with Gasteiger partial charge in [0.25, 0.3) is 0 Å². The van der Waals surface area contributed by atoms with Gasteiger partial charge in [-0.1, -0.05) is 31.0 Å². The number of pyridine rings is 1. The van der Waals surface area contributed by atoms with Crippen LogP contribution < -0.4 is 20.3 Å². The Morgan fingerprint density at radius 2 is 1.73 bits per heavy atom. The van der Waals surface area contributed by atoms with Crippen LogP contribution in [-0.4, -0.2) is 35.4 Å². The molecular weight excluding hydrogens is 511 g/mol. The smallest absolute Gasteiger partial charge is 0.248 e. The van der Waals surface area contributed by atoms with E-state index in [1.807, 2.05) is 6.92 Å². The molecule has 1 aliphatic rings. The molecule has 40 heavy (non-hydrogen) atoms. The topological polar surface area (TPSA) is 101 Å². The van der Waals surface area contributed by atoms with E-state index in [1.54, 1.807) is 48.7 Å². The molecule has 1 fully saturated rings. The molecular formula is C31H35FN4O4. The fourth-order valence-electron chi connectivity index (χ4n) is 4.88. The standard InChI is InChI=1S/C31H35FN4O4/c1-2-40-26-19-13-22(14-20-26)30(31(39)34-24-8-3-4-9-24)36(25-17-15-23(32)16-18-25)29(38)12-7-11-28(37)35-27-10-5-6-21-33-27/h5-6,10,13-21,24,30H,2-4,7-9,11-12H2,1H3,(H,34,39)(H,33,35,37). The van der Waals surface area contributed by atoms with Gasteiger partial charge in [0.1, 0.15) is 23.4 Å². The van der Waals surface area contributed by atoms with Crippen LogP contribution in [0.5, 0.6) is 5.75 Å². The van der Waals surface area contributed by atoms with Gasteiger partial charge in [-0.25, -0.2) is 9.37 Å². The lowest BCUT2D eigenvalue weighted by atomic mass is 10.0. The molecule has 4 rings (SSSR count). The highest BCUT2D eigenvalue weighted by molar-refractivity contribution is 6.01. The van der Waals surface area contributed by atoms with Crippen molar-refractivity contribution in [3.8, 4) is 5.75 Å². The molecule has 0 radical (unpaired) electrons. The Morgan fingerprint density at radius 3 is 2.38 bits per heavy atom. The number of amides is 3. The van der Waals surface area contributed by atoms with Crippen LogP contribution in [0.25, 0.3) is 0 Å². The van der Waals surface area contributed by atoms with Gasteiger partial charge in [0, 0.05) is 30.8 Å². The number of carbonyl (C=O) groups excluding carboxylic acids is 3. The Balaban J connectivity index is 1.58. The lowest BCUT2D eigenvalue weighted by Crippen LogP contribution is -2.46. The molecule has 1 atom stereocenters. The molecule has 210 valence electrons. The largest absolute Gasteiger partial charge is 0.494 e. The van der Waals surface area contributed by atoms with E-state index < -0.39 is 11.9 Å². The first-order valence-electron chi connectivity index (χ1n) is 13.8. The number of hydrogen-bond acceptors (Lipinski definition) is 5. The molecule has 1 unspecified atom stereocenters. The number of hydrogen-bond donors (Lipinski definition) is 2. The van der Waals surface area contributed by atoms with Crippen molar-refractivity contribution in [2.75, 3.05) is 16.8 Å². The highest BCUT2D eigenvalue weighted by Crippen LogP contribution is 2.31. The molecule has 1 aliphatic carbocycles. The van der Waals surface area contributed by atoms with E-state index >= 15 is 0 Å². The molecule has 0 saturated heterocycles. The summed E-state index contributed by atoms with van der Waals surface area (Å²) in [6.07, 6.45) is 5.81. The molecule has 1 saturated carbocycles. The Kier molecular flexibility index (Phi) is 10.2. The maximum atomic E-state index is 13.8. The van der Waals surface area contributed by atoms with Gasteiger partial charge in [-0.3, -0.25) is 19.3 Å². The zero-order valence-electron chi connectivity index (χ0n) is 22.6. The lowest BCUT2D eigenvalue weighted by molar-refractivity contribution is -0.127. The highest BCUT2D eigenvalue weighted by atomic mass is 19.1. The summed E-state index contributed by atoms with van der Waals surface area (Å²) in [5.41, 5.74) is 0.995. The van der Waals surface area contributed by atoms with Crippen molar-refractivity contribution in [3.63, 3.8) is 0 Å². The Morgan fingerprint density at radius 1 is 1.00 bits per heavy atom. The summed E-state index contributed by atoms with van der Waals surface area (Å²) in [4.78, 5) is 45.5. The molecule has 2 aromatic carbocycles. The van der Waals surface area contributed by atoms with Crippen LogP contribution in [0.1, 0.15) is 63.5 Å². The van der Waals surface area contributed by atoms with Crippen LogP contribution in [0, 0.1) is 5.82 Å². The van der Waals surface area contributed by atoms with Gasteiger partial charge in [0.05, 0.1) is 6.61 Å². The van der Waals surface area contributed by atoms with E-state index in [1.165, 1.54) is 29.2 Å². The minimum atomic E-state index is -0.989. The van der Waals surface area contributed by atoms with E-state index in [2.05, 4.69) is 15.6 Å². The van der Waals surface area contributed by atoms with E-state index in [9.17, 15) is 18.8 Å². The number of carbonyl (C=O) groups is 3. The van der Waals surface area contributed by atoms with Crippen molar-refractivity contribution in [2.45, 2.75) is 64.0 Å². The Labute approximate surface area is 233 Å². The average Bonchev–Trinajstić information content (AvgIpc) is 3.46. The van der Waals surface area contributed by atoms with Crippen LogP contribution in [0.2, 0.25) is 0 Å². The maximum absolute atomic E-state index is 13.8. The SMILES string of the molecule is CCOc1ccc(C(C(=O)NC2CCCC2)N(C(=O)CCCC(=O)Nc2ccccn2)c2ccc(F)cc2)cc1. The second kappa shape index (κ2) is 14.2. The third-order valence-electron chi connectivity index (χ3n) is 6.82. The normalized spacial score (nSPS) is 13.8. The second-order valence-electron chi connectivity index (χ2n) is 9.75. The summed E-state index contributed by atoms with van der Waals surface area (Å²) in [6.45, 7) is 2.39. The first-order chi connectivity index (χ1) is 19.4. The van der Waals surface area contributed by atoms with E-state index in [-0.39, 0.29) is 43.0 Å². The number of nitrogens with zero attached hydrogens (tertiary/aromatic N) is 2. The van der Waals surface area contributed by atoms with Gasteiger partial charge in [-0.15, -0.1) is 0 Å². The van der Waals surface area contributed by atoms with Gasteiger partial charge in [-0.05, 0) is 80.3 Å². The van der Waals surface area contributed by atoms with Crippen molar-refractivity contribution < 1.29 is 23.5 Å². The molecule has 0 bridgehead atoms. The van der Waals surface area contributed by atoms with Crippen LogP contribution in [0.15, 0.2) is 72.9 Å².